The minimum Gasteiger partial charge on any atom is -0.481 e. The van der Waals surface area contributed by atoms with Crippen molar-refractivity contribution in [2.45, 2.75) is 116 Å². The zero-order valence-corrected chi connectivity index (χ0v) is 22.2. The largest absolute Gasteiger partial charge is 0.481 e. The number of carboxylic acids is 1. The first-order valence-electron chi connectivity index (χ1n) is 14.4. The van der Waals surface area contributed by atoms with Crippen LogP contribution in [-0.4, -0.2) is 45.9 Å². The Labute approximate surface area is 211 Å². The zero-order valence-electron chi connectivity index (χ0n) is 22.2. The predicted octanol–water partition coefficient (Wildman–Crippen LogP) is 4.76. The first-order chi connectivity index (χ1) is 16.6. The second kappa shape index (κ2) is 10.7. The molecular weight excluding hydrogens is 442 g/mol. The van der Waals surface area contributed by atoms with Crippen molar-refractivity contribution in [3.63, 3.8) is 0 Å². The van der Waals surface area contributed by atoms with E-state index in [4.69, 9.17) is 5.11 Å². The van der Waals surface area contributed by atoms with Gasteiger partial charge < -0.3 is 20.6 Å². The molecule has 0 bridgehead atoms. The molecule has 4 N–H and O–H groups in total. The summed E-state index contributed by atoms with van der Waals surface area (Å²) in [6.07, 6.45) is 11.0. The summed E-state index contributed by atoms with van der Waals surface area (Å²) >= 11 is 0. The van der Waals surface area contributed by atoms with Crippen molar-refractivity contribution in [1.82, 2.24) is 5.32 Å². The van der Waals surface area contributed by atoms with Gasteiger partial charge in [0, 0.05) is 19.4 Å². The Morgan fingerprint density at radius 2 is 1.66 bits per heavy atom. The van der Waals surface area contributed by atoms with E-state index in [1.54, 1.807) is 0 Å². The van der Waals surface area contributed by atoms with Gasteiger partial charge in [-0.05, 0) is 117 Å². The molecule has 200 valence electrons. The van der Waals surface area contributed by atoms with E-state index >= 15 is 0 Å². The van der Waals surface area contributed by atoms with Crippen LogP contribution in [0.1, 0.15) is 104 Å². The summed E-state index contributed by atoms with van der Waals surface area (Å²) in [4.78, 5) is 23.0. The van der Waals surface area contributed by atoms with Gasteiger partial charge in [0.1, 0.15) is 0 Å². The fourth-order valence-electron chi connectivity index (χ4n) is 9.45. The van der Waals surface area contributed by atoms with Gasteiger partial charge in [0.15, 0.2) is 0 Å². The van der Waals surface area contributed by atoms with Gasteiger partial charge in [-0.1, -0.05) is 20.8 Å². The maximum atomic E-state index is 12.4. The molecule has 35 heavy (non-hydrogen) atoms. The number of amides is 1. The number of rotatable bonds is 9. The summed E-state index contributed by atoms with van der Waals surface area (Å²) < 4.78 is 0. The fraction of sp³-hybridized carbons (Fsp3) is 0.931. The van der Waals surface area contributed by atoms with Crippen LogP contribution in [0.5, 0.6) is 0 Å². The van der Waals surface area contributed by atoms with E-state index in [1.807, 2.05) is 0 Å². The highest BCUT2D eigenvalue weighted by molar-refractivity contribution is 5.75. The number of hydrogen-bond acceptors (Lipinski definition) is 4. The van der Waals surface area contributed by atoms with Crippen LogP contribution in [0.2, 0.25) is 0 Å². The number of carbonyl (C=O) groups excluding carboxylic acids is 1. The smallest absolute Gasteiger partial charge is 0.303 e. The van der Waals surface area contributed by atoms with Crippen LogP contribution >= 0.6 is 0 Å². The zero-order chi connectivity index (χ0) is 25.4. The van der Waals surface area contributed by atoms with Crippen molar-refractivity contribution in [3.8, 4) is 0 Å². The first kappa shape index (κ1) is 26.9. The Bertz CT molecular complexity index is 772. The highest BCUT2D eigenvalue weighted by Gasteiger charge is 2.62. The lowest BCUT2D eigenvalue weighted by Crippen LogP contribution is -2.58. The minimum atomic E-state index is -0.783. The molecule has 0 radical (unpaired) electrons. The average molecular weight is 492 g/mol. The van der Waals surface area contributed by atoms with Crippen LogP contribution in [0.3, 0.4) is 0 Å². The SMILES string of the molecule is C[C@@H](CCC(=O)NCCCCC(=O)O)[C@@H]1CC[C@@H]2[C@H]3[C@H](O)C[C@H]4C[C@@H](O)CC[C@@]4(C)[C@@H]3CC[C@]21C. The van der Waals surface area contributed by atoms with Gasteiger partial charge in [0.25, 0.3) is 0 Å². The Kier molecular flexibility index (Phi) is 8.22. The molecule has 4 aliphatic carbocycles. The number of aliphatic hydroxyl groups excluding tert-OH is 2. The Hall–Kier alpha value is -1.14. The van der Waals surface area contributed by atoms with Crippen molar-refractivity contribution in [1.29, 1.82) is 0 Å². The topological polar surface area (TPSA) is 107 Å². The molecule has 6 heteroatoms. The number of unbranched alkanes of at least 4 members (excludes halogenated alkanes) is 1. The number of nitrogens with one attached hydrogen (secondary N) is 1. The monoisotopic (exact) mass is 491 g/mol. The van der Waals surface area contributed by atoms with Gasteiger partial charge in [-0.2, -0.15) is 0 Å². The van der Waals surface area contributed by atoms with Crippen molar-refractivity contribution in [3.05, 3.63) is 0 Å². The number of carbonyl (C=O) groups is 2. The molecular formula is C29H49NO5. The van der Waals surface area contributed by atoms with Crippen LogP contribution in [0.15, 0.2) is 0 Å². The quantitative estimate of drug-likeness (QED) is 0.348. The molecule has 10 atom stereocenters. The molecule has 0 saturated heterocycles. The van der Waals surface area contributed by atoms with Crippen molar-refractivity contribution >= 4 is 11.9 Å². The molecule has 4 aliphatic rings. The van der Waals surface area contributed by atoms with Crippen molar-refractivity contribution in [2.24, 2.45) is 46.3 Å². The summed E-state index contributed by atoms with van der Waals surface area (Å²) in [6, 6.07) is 0. The van der Waals surface area contributed by atoms with Gasteiger partial charge in [0.2, 0.25) is 5.91 Å². The van der Waals surface area contributed by atoms with Gasteiger partial charge in [-0.15, -0.1) is 0 Å². The highest BCUT2D eigenvalue weighted by atomic mass is 16.4. The van der Waals surface area contributed by atoms with Crippen molar-refractivity contribution in [2.75, 3.05) is 6.54 Å². The molecule has 0 aliphatic heterocycles. The number of aliphatic carboxylic acids is 1. The lowest BCUT2D eigenvalue weighted by molar-refractivity contribution is -0.174. The van der Waals surface area contributed by atoms with Gasteiger partial charge >= 0.3 is 5.97 Å². The number of fused-ring (bicyclic) bond motifs is 5. The van der Waals surface area contributed by atoms with Crippen LogP contribution in [0.25, 0.3) is 0 Å². The van der Waals surface area contributed by atoms with Crippen LogP contribution < -0.4 is 5.32 Å². The normalized spacial score (nSPS) is 43.5. The van der Waals surface area contributed by atoms with E-state index in [0.717, 1.165) is 32.1 Å². The van der Waals surface area contributed by atoms with Gasteiger partial charge in [-0.25, -0.2) is 0 Å². The van der Waals surface area contributed by atoms with Crippen LogP contribution in [0, 0.1) is 46.3 Å². The summed E-state index contributed by atoms with van der Waals surface area (Å²) in [5, 5.41) is 33.4. The van der Waals surface area contributed by atoms with Gasteiger partial charge in [0.05, 0.1) is 12.2 Å². The third-order valence-electron chi connectivity index (χ3n) is 11.4. The predicted molar refractivity (Wildman–Crippen MR) is 136 cm³/mol. The van der Waals surface area contributed by atoms with Crippen LogP contribution in [0.4, 0.5) is 0 Å². The third kappa shape index (κ3) is 5.30. The molecule has 0 spiro atoms. The van der Waals surface area contributed by atoms with E-state index in [9.17, 15) is 19.8 Å². The van der Waals surface area contributed by atoms with E-state index in [-0.39, 0.29) is 35.4 Å². The van der Waals surface area contributed by atoms with Gasteiger partial charge in [-0.3, -0.25) is 9.59 Å². The second-order valence-corrected chi connectivity index (χ2v) is 13.2. The molecule has 0 heterocycles. The summed E-state index contributed by atoms with van der Waals surface area (Å²) in [6.45, 7) is 7.82. The molecule has 0 aromatic heterocycles. The Morgan fingerprint density at radius 1 is 0.943 bits per heavy atom. The van der Waals surface area contributed by atoms with Crippen LogP contribution in [-0.2, 0) is 9.59 Å². The molecule has 4 saturated carbocycles. The molecule has 1 amide bonds. The maximum absolute atomic E-state index is 12.4. The summed E-state index contributed by atoms with van der Waals surface area (Å²) in [5.74, 6) is 2.35. The molecule has 0 unspecified atom stereocenters. The highest BCUT2D eigenvalue weighted by Crippen LogP contribution is 2.68. The Morgan fingerprint density at radius 3 is 2.40 bits per heavy atom. The van der Waals surface area contributed by atoms with Crippen molar-refractivity contribution < 1.29 is 24.9 Å². The van der Waals surface area contributed by atoms with E-state index < -0.39 is 5.97 Å². The third-order valence-corrected chi connectivity index (χ3v) is 11.4. The minimum absolute atomic E-state index is 0.0803. The fourth-order valence-corrected chi connectivity index (χ4v) is 9.45. The lowest BCUT2D eigenvalue weighted by Gasteiger charge is -2.62. The summed E-state index contributed by atoms with van der Waals surface area (Å²) in [5.41, 5.74) is 0.503. The summed E-state index contributed by atoms with van der Waals surface area (Å²) in [7, 11) is 0. The molecule has 4 rings (SSSR count). The maximum Gasteiger partial charge on any atom is 0.303 e. The standard InChI is InChI=1S/C29H49NO5/c1-18(7-10-25(33)30-15-5-4-6-26(34)35)21-8-9-22-27-23(12-14-29(21,22)3)28(2)13-11-20(31)16-19(28)17-24(27)32/h18-24,27,31-32H,4-17H2,1-3H3,(H,30,33)(H,34,35)/t18-,19+,20-,21-,22+,23+,24+,27+,28+,29-/m0/s1. The number of carboxylic acid groups (broad SMARTS) is 1. The molecule has 4 fully saturated rings. The Balaban J connectivity index is 1.33. The first-order valence-corrected chi connectivity index (χ1v) is 14.4. The molecule has 0 aromatic rings. The number of aliphatic hydroxyl groups is 2. The number of hydrogen-bond donors (Lipinski definition) is 4. The van der Waals surface area contributed by atoms with E-state index in [1.165, 1.54) is 25.7 Å². The second-order valence-electron chi connectivity index (χ2n) is 13.2. The van der Waals surface area contributed by atoms with E-state index in [0.29, 0.717) is 61.3 Å². The molecule has 6 nitrogen and oxygen atoms in total. The average Bonchev–Trinajstić information content (AvgIpc) is 3.15. The molecule has 0 aromatic carbocycles. The van der Waals surface area contributed by atoms with E-state index in [2.05, 4.69) is 26.1 Å². The lowest BCUT2D eigenvalue weighted by atomic mass is 9.43.